The van der Waals surface area contributed by atoms with Gasteiger partial charge in [0, 0.05) is 25.0 Å². The Balaban J connectivity index is 1.68. The number of carbonyl (C=O) groups excluding carboxylic acids is 1. The Morgan fingerprint density at radius 1 is 0.840 bits per heavy atom. The van der Waals surface area contributed by atoms with Crippen molar-refractivity contribution in [3.63, 3.8) is 0 Å². The third kappa shape index (κ3) is 5.55. The van der Waals surface area contributed by atoms with Gasteiger partial charge in [0.15, 0.2) is 0 Å². The second-order valence-electron chi connectivity index (χ2n) is 5.87. The lowest BCUT2D eigenvalue weighted by atomic mass is 10.2. The summed E-state index contributed by atoms with van der Waals surface area (Å²) in [4.78, 5) is 18.9. The van der Waals surface area contributed by atoms with Gasteiger partial charge in [-0.2, -0.15) is 0 Å². The third-order valence-corrected chi connectivity index (χ3v) is 3.79. The maximum atomic E-state index is 12.4. The number of aromatic nitrogens is 1. The van der Waals surface area contributed by atoms with Crippen molar-refractivity contribution in [2.75, 3.05) is 11.9 Å². The fraction of sp³-hybridized carbons (Fsp3) is 0.143. The van der Waals surface area contributed by atoms with E-state index in [1.54, 1.807) is 6.20 Å². The largest absolute Gasteiger partial charge is 0.325 e. The maximum Gasteiger partial charge on any atom is 0.238 e. The van der Waals surface area contributed by atoms with E-state index in [9.17, 15) is 4.79 Å². The molecule has 3 rings (SSSR count). The number of amides is 1. The van der Waals surface area contributed by atoms with Crippen molar-refractivity contribution in [3.05, 3.63) is 96.3 Å². The quantitative estimate of drug-likeness (QED) is 0.717. The van der Waals surface area contributed by atoms with Crippen LogP contribution < -0.4 is 5.32 Å². The minimum absolute atomic E-state index is 0.0296. The van der Waals surface area contributed by atoms with E-state index in [1.165, 1.54) is 5.56 Å². The van der Waals surface area contributed by atoms with Crippen LogP contribution in [0.4, 0.5) is 5.69 Å². The number of nitrogens with one attached hydrogen (secondary N) is 1. The Morgan fingerprint density at radius 2 is 1.52 bits per heavy atom. The summed E-state index contributed by atoms with van der Waals surface area (Å²) in [5, 5.41) is 2.94. The first kappa shape index (κ1) is 16.9. The monoisotopic (exact) mass is 331 g/mol. The second kappa shape index (κ2) is 8.76. The number of nitrogens with zero attached hydrogens (tertiary/aromatic N) is 2. The number of hydrogen-bond donors (Lipinski definition) is 1. The number of anilines is 1. The molecule has 3 aromatic rings. The predicted molar refractivity (Wildman–Crippen MR) is 99.9 cm³/mol. The van der Waals surface area contributed by atoms with Crippen LogP contribution in [0.25, 0.3) is 0 Å². The lowest BCUT2D eigenvalue weighted by Gasteiger charge is -2.21. The molecule has 0 aliphatic heterocycles. The molecule has 0 bridgehead atoms. The van der Waals surface area contributed by atoms with Gasteiger partial charge in [-0.1, -0.05) is 54.6 Å². The number of pyridine rings is 1. The van der Waals surface area contributed by atoms with Gasteiger partial charge in [0.1, 0.15) is 0 Å². The number of hydrogen-bond acceptors (Lipinski definition) is 3. The van der Waals surface area contributed by atoms with Gasteiger partial charge in [-0.05, 0) is 29.8 Å². The van der Waals surface area contributed by atoms with Crippen molar-refractivity contribution in [3.8, 4) is 0 Å². The van der Waals surface area contributed by atoms with Gasteiger partial charge in [-0.15, -0.1) is 0 Å². The lowest BCUT2D eigenvalue weighted by Crippen LogP contribution is -2.32. The fourth-order valence-electron chi connectivity index (χ4n) is 2.66. The molecule has 0 saturated heterocycles. The van der Waals surface area contributed by atoms with E-state index in [1.807, 2.05) is 66.7 Å². The summed E-state index contributed by atoms with van der Waals surface area (Å²) < 4.78 is 0. The molecule has 0 fully saturated rings. The van der Waals surface area contributed by atoms with Crippen molar-refractivity contribution in [2.24, 2.45) is 0 Å². The standard InChI is InChI=1S/C21H21N3O/c25-21(23-19-11-5-2-6-12-19)17-24(15-18-9-3-1-4-10-18)16-20-13-7-8-14-22-20/h1-14H,15-17H2,(H,23,25). The molecule has 4 heteroatoms. The van der Waals surface area contributed by atoms with Crippen LogP contribution in [0.2, 0.25) is 0 Å². The Kier molecular flexibility index (Phi) is 5.91. The van der Waals surface area contributed by atoms with Crippen LogP contribution in [-0.4, -0.2) is 22.3 Å². The van der Waals surface area contributed by atoms with Gasteiger partial charge in [-0.3, -0.25) is 14.7 Å². The molecule has 0 aliphatic rings. The summed E-state index contributed by atoms with van der Waals surface area (Å²) in [7, 11) is 0. The van der Waals surface area contributed by atoms with Crippen molar-refractivity contribution in [1.82, 2.24) is 9.88 Å². The van der Waals surface area contributed by atoms with E-state index in [2.05, 4.69) is 27.3 Å². The zero-order valence-corrected chi connectivity index (χ0v) is 14.0. The molecular formula is C21H21N3O. The molecule has 2 aromatic carbocycles. The molecule has 0 unspecified atom stereocenters. The highest BCUT2D eigenvalue weighted by Crippen LogP contribution is 2.10. The first-order chi connectivity index (χ1) is 12.3. The Bertz CT molecular complexity index is 735. The van der Waals surface area contributed by atoms with Gasteiger partial charge in [0.05, 0.1) is 12.2 Å². The maximum absolute atomic E-state index is 12.4. The van der Waals surface area contributed by atoms with Crippen LogP contribution in [0.5, 0.6) is 0 Å². The number of para-hydroxylation sites is 1. The predicted octanol–water partition coefficient (Wildman–Crippen LogP) is 3.72. The first-order valence-electron chi connectivity index (χ1n) is 8.31. The molecule has 4 nitrogen and oxygen atoms in total. The van der Waals surface area contributed by atoms with Gasteiger partial charge in [0.25, 0.3) is 0 Å². The van der Waals surface area contributed by atoms with Crippen LogP contribution in [-0.2, 0) is 17.9 Å². The van der Waals surface area contributed by atoms with E-state index >= 15 is 0 Å². The summed E-state index contributed by atoms with van der Waals surface area (Å²) in [6.45, 7) is 1.62. The highest BCUT2D eigenvalue weighted by Gasteiger charge is 2.13. The minimum atomic E-state index is -0.0296. The number of carbonyl (C=O) groups is 1. The highest BCUT2D eigenvalue weighted by molar-refractivity contribution is 5.92. The van der Waals surface area contributed by atoms with E-state index in [0.29, 0.717) is 19.6 Å². The molecule has 0 spiro atoms. The smallest absolute Gasteiger partial charge is 0.238 e. The van der Waals surface area contributed by atoms with Crippen molar-refractivity contribution in [2.45, 2.75) is 13.1 Å². The van der Waals surface area contributed by atoms with Gasteiger partial charge >= 0.3 is 0 Å². The van der Waals surface area contributed by atoms with Gasteiger partial charge in [0.2, 0.25) is 5.91 Å². The molecule has 0 atom stereocenters. The van der Waals surface area contributed by atoms with Crippen LogP contribution in [0.15, 0.2) is 85.1 Å². The van der Waals surface area contributed by atoms with E-state index in [0.717, 1.165) is 11.4 Å². The van der Waals surface area contributed by atoms with Crippen molar-refractivity contribution < 1.29 is 4.79 Å². The van der Waals surface area contributed by atoms with E-state index in [-0.39, 0.29) is 5.91 Å². The first-order valence-corrected chi connectivity index (χ1v) is 8.31. The summed E-state index contributed by atoms with van der Waals surface area (Å²) in [5.74, 6) is -0.0296. The van der Waals surface area contributed by atoms with Gasteiger partial charge < -0.3 is 5.32 Å². The topological polar surface area (TPSA) is 45.2 Å². The highest BCUT2D eigenvalue weighted by atomic mass is 16.2. The normalized spacial score (nSPS) is 10.6. The lowest BCUT2D eigenvalue weighted by molar-refractivity contribution is -0.117. The van der Waals surface area contributed by atoms with Crippen LogP contribution >= 0.6 is 0 Å². The summed E-state index contributed by atoms with van der Waals surface area (Å²) >= 11 is 0. The van der Waals surface area contributed by atoms with E-state index < -0.39 is 0 Å². The Morgan fingerprint density at radius 3 is 2.20 bits per heavy atom. The molecule has 126 valence electrons. The third-order valence-electron chi connectivity index (χ3n) is 3.79. The zero-order valence-electron chi connectivity index (χ0n) is 14.0. The fourth-order valence-corrected chi connectivity index (χ4v) is 2.66. The summed E-state index contributed by atoms with van der Waals surface area (Å²) in [6, 6.07) is 25.5. The SMILES string of the molecule is O=C(CN(Cc1ccccc1)Cc1ccccn1)Nc1ccccc1. The molecule has 25 heavy (non-hydrogen) atoms. The number of benzene rings is 2. The zero-order chi connectivity index (χ0) is 17.3. The van der Waals surface area contributed by atoms with Crippen LogP contribution in [0.1, 0.15) is 11.3 Å². The molecular weight excluding hydrogens is 310 g/mol. The molecule has 1 aromatic heterocycles. The molecule has 0 saturated carbocycles. The summed E-state index contributed by atoms with van der Waals surface area (Å²) in [6.07, 6.45) is 1.78. The van der Waals surface area contributed by atoms with Crippen molar-refractivity contribution >= 4 is 11.6 Å². The summed E-state index contributed by atoms with van der Waals surface area (Å²) in [5.41, 5.74) is 2.93. The molecule has 1 heterocycles. The Hall–Kier alpha value is -2.98. The minimum Gasteiger partial charge on any atom is -0.325 e. The van der Waals surface area contributed by atoms with Gasteiger partial charge in [-0.25, -0.2) is 0 Å². The van der Waals surface area contributed by atoms with Crippen molar-refractivity contribution in [1.29, 1.82) is 0 Å². The average Bonchev–Trinajstić information content (AvgIpc) is 2.64. The van der Waals surface area contributed by atoms with Crippen LogP contribution in [0.3, 0.4) is 0 Å². The molecule has 0 radical (unpaired) electrons. The second-order valence-corrected chi connectivity index (χ2v) is 5.87. The molecule has 1 N–H and O–H groups in total. The van der Waals surface area contributed by atoms with Crippen LogP contribution in [0, 0.1) is 0 Å². The Labute approximate surface area is 148 Å². The molecule has 1 amide bonds. The molecule has 0 aliphatic carbocycles. The van der Waals surface area contributed by atoms with E-state index in [4.69, 9.17) is 0 Å². The number of rotatable bonds is 7. The average molecular weight is 331 g/mol.